The van der Waals surface area contributed by atoms with Crippen LogP contribution in [0.5, 0.6) is 5.75 Å². The van der Waals surface area contributed by atoms with Gasteiger partial charge in [-0.1, -0.05) is 168 Å². The van der Waals surface area contributed by atoms with Gasteiger partial charge in [0.05, 0.1) is 57.4 Å². The van der Waals surface area contributed by atoms with Gasteiger partial charge in [-0.3, -0.25) is 53.0 Å². The third kappa shape index (κ3) is 33.0. The van der Waals surface area contributed by atoms with E-state index in [2.05, 4.69) is 19.2 Å². The van der Waals surface area contributed by atoms with Crippen LogP contribution in [0.1, 0.15) is 205 Å². The Kier molecular flexibility index (Phi) is 39.7. The first-order chi connectivity index (χ1) is 39.3. The number of unbranched alkanes of at least 4 members (excludes halogenated alkanes) is 24. The number of amides is 1. The second-order valence-electron chi connectivity index (χ2n) is 21.9. The molecular weight excluding hydrogens is 1230 g/mol. The molecule has 23 heteroatoms. The van der Waals surface area contributed by atoms with E-state index in [0.717, 1.165) is 38.5 Å². The number of aromatic nitrogens is 1. The normalized spacial score (nSPS) is 19.3. The molecule has 0 aromatic carbocycles. The fourth-order valence-corrected chi connectivity index (χ4v) is 11.0. The molecule has 0 saturated carbocycles. The summed E-state index contributed by atoms with van der Waals surface area (Å²) in [6.45, 7) is 3.18. The Morgan fingerprint density at radius 2 is 1.28 bits per heavy atom. The minimum Gasteiger partial charge on any atom is -0.756 e. The first kappa shape index (κ1) is 73.3. The smallest absolute Gasteiger partial charge is 0.320 e. The van der Waals surface area contributed by atoms with Crippen LogP contribution in [-0.4, -0.2) is 160 Å². The predicted octanol–water partition coefficient (Wildman–Crippen LogP) is 8.44. The molecule has 4 heterocycles. The Morgan fingerprint density at radius 1 is 0.707 bits per heavy atom. The van der Waals surface area contributed by atoms with Crippen molar-refractivity contribution in [3.63, 3.8) is 0 Å². The van der Waals surface area contributed by atoms with Gasteiger partial charge < -0.3 is 47.7 Å². The minimum atomic E-state index is -4.99. The van der Waals surface area contributed by atoms with Gasteiger partial charge in [-0.05, 0) is 25.0 Å². The van der Waals surface area contributed by atoms with Crippen molar-refractivity contribution in [3.8, 4) is 5.75 Å². The zero-order valence-corrected chi connectivity index (χ0v) is 52.3. The first-order valence-corrected chi connectivity index (χ1v) is 32.2. The van der Waals surface area contributed by atoms with Crippen molar-refractivity contribution in [2.75, 3.05) is 86.0 Å². The number of nitrogens with zero attached hydrogens (tertiary/aromatic N) is 4. The molecule has 1 aromatic heterocycles. The summed E-state index contributed by atoms with van der Waals surface area (Å²) in [4.78, 5) is 100.0. The standard InChI is InChI=1S/C59H100N5O16P.Tm/c1-4-6-8-10-12-14-16-18-20-22-24-26-28-30-55(66)75-44-49(79-56(67)31-29-27-25-23-21-19-17-15-13-11-9-7-5-2)45-78-81(71,72)77-37-34-60-54(65)47-74-52-33-32-48-38-64-43-59(70)80-53-40-63(42-58(69)76-46-51(53)64)36-35-62(39-50(52)61-48)41-57(68)73-3;/h32-33,49,51,53H,4-31,34-47H2,1-3H3,(H,60,65)(H,71,72);/p-1/t49-,51-,53+;/m1./s1. The molecule has 475 valence electrons. The first-order valence-electron chi connectivity index (χ1n) is 30.7. The second-order valence-corrected chi connectivity index (χ2v) is 23.4. The number of esters is 5. The number of carbonyl (C=O) groups excluding carboxylic acids is 6. The summed E-state index contributed by atoms with van der Waals surface area (Å²) < 4.78 is 56.3. The molecule has 2 fully saturated rings. The van der Waals surface area contributed by atoms with Crippen molar-refractivity contribution < 1.29 is 113 Å². The van der Waals surface area contributed by atoms with E-state index >= 15 is 0 Å². The van der Waals surface area contributed by atoms with E-state index in [-0.39, 0.29) is 121 Å². The number of ether oxygens (including phenoxy) is 6. The topological polar surface area (TPSA) is 251 Å². The molecule has 6 atom stereocenters. The summed E-state index contributed by atoms with van der Waals surface area (Å²) in [6, 6.07) is 2.90. The molecule has 21 nitrogen and oxygen atoms in total. The van der Waals surface area contributed by atoms with E-state index in [1.165, 1.54) is 123 Å². The molecule has 1 aromatic rings. The maximum Gasteiger partial charge on any atom is 0.320 e. The van der Waals surface area contributed by atoms with Crippen LogP contribution in [0.4, 0.5) is 0 Å². The number of carbonyl (C=O) groups is 6. The second kappa shape index (κ2) is 44.4. The summed E-state index contributed by atoms with van der Waals surface area (Å²) in [6.07, 6.45) is 28.8. The number of hydrogen-bond acceptors (Lipinski definition) is 20. The van der Waals surface area contributed by atoms with Gasteiger partial charge in [0.1, 0.15) is 25.1 Å². The van der Waals surface area contributed by atoms with E-state index in [4.69, 9.17) is 42.5 Å². The van der Waals surface area contributed by atoms with Crippen molar-refractivity contribution >= 4 is 43.6 Å². The number of morpholine rings is 1. The molecule has 3 unspecified atom stereocenters. The van der Waals surface area contributed by atoms with Gasteiger partial charge in [0, 0.05) is 89.0 Å². The Labute approximate surface area is 518 Å². The van der Waals surface area contributed by atoms with Gasteiger partial charge in [0.2, 0.25) is 0 Å². The summed E-state index contributed by atoms with van der Waals surface area (Å²) in [7, 11) is -3.72. The Balaban J connectivity index is 0.0000176. The largest absolute Gasteiger partial charge is 0.756 e. The van der Waals surface area contributed by atoms with Gasteiger partial charge in [0.15, 0.2) is 12.7 Å². The third-order valence-corrected chi connectivity index (χ3v) is 15.9. The van der Waals surface area contributed by atoms with Crippen molar-refractivity contribution in [2.45, 2.75) is 225 Å². The SMILES string of the molecule is CCCCCCCCCCCCCCCC(=O)OC[C@H](COP(=O)([O-])OCCNC(=O)COc1ccc2nc1CN(CC(=O)OC)CCN1CC(=O)OC[C@@H]3[C@H](C1)OC(=O)CN3C2)OC(=O)CCCCCCCCCCCCCCC.[Tm]. The summed E-state index contributed by atoms with van der Waals surface area (Å²) in [5.41, 5.74) is 0.945. The van der Waals surface area contributed by atoms with Gasteiger partial charge in [0.25, 0.3) is 13.7 Å². The number of cyclic esters (lactones) is 1. The van der Waals surface area contributed by atoms with E-state index in [1.807, 2.05) is 9.80 Å². The maximum absolute atomic E-state index is 13.0. The average Bonchev–Trinajstić information content (AvgIpc) is 3.58. The number of hydrogen-bond donors (Lipinski definition) is 1. The van der Waals surface area contributed by atoms with Gasteiger partial charge in [-0.15, -0.1) is 0 Å². The van der Waals surface area contributed by atoms with Crippen LogP contribution in [0.3, 0.4) is 0 Å². The van der Waals surface area contributed by atoms with E-state index < -0.39 is 81.6 Å². The molecular formula is C59H99N5O16PTm-. The maximum atomic E-state index is 13.0. The predicted molar refractivity (Wildman–Crippen MR) is 302 cm³/mol. The van der Waals surface area contributed by atoms with Crippen molar-refractivity contribution in [2.24, 2.45) is 0 Å². The van der Waals surface area contributed by atoms with Crippen molar-refractivity contribution in [1.82, 2.24) is 25.0 Å². The molecule has 1 radical (unpaired) electrons. The number of fused-ring (bicyclic) bond motifs is 3. The van der Waals surface area contributed by atoms with E-state index in [9.17, 15) is 38.2 Å². The van der Waals surface area contributed by atoms with E-state index in [1.54, 1.807) is 17.0 Å². The summed E-state index contributed by atoms with van der Waals surface area (Å²) >= 11 is 0. The van der Waals surface area contributed by atoms with Crippen molar-refractivity contribution in [3.05, 3.63) is 23.5 Å². The Hall–Kier alpha value is -3.01. The summed E-state index contributed by atoms with van der Waals surface area (Å²) in [5.74, 6) is -2.73. The zero-order valence-electron chi connectivity index (χ0n) is 49.6. The molecule has 82 heavy (non-hydrogen) atoms. The number of phosphoric acid groups is 1. The quantitative estimate of drug-likeness (QED) is 0.0279. The van der Waals surface area contributed by atoms with Crippen LogP contribution in [0, 0.1) is 36.9 Å². The molecule has 0 spiro atoms. The number of rotatable bonds is 43. The molecule has 1 amide bonds. The Morgan fingerprint density at radius 3 is 1.87 bits per heavy atom. The molecule has 2 saturated heterocycles. The van der Waals surface area contributed by atoms with Crippen LogP contribution < -0.4 is 14.9 Å². The van der Waals surface area contributed by atoms with Crippen molar-refractivity contribution in [1.29, 1.82) is 0 Å². The van der Waals surface area contributed by atoms with Gasteiger partial charge in [-0.25, -0.2) is 0 Å². The fraction of sp³-hybridized carbons (Fsp3) is 0.814. The van der Waals surface area contributed by atoms with Crippen LogP contribution in [-0.2, 0) is 79.2 Å². The number of phosphoric ester groups is 1. The van der Waals surface area contributed by atoms with Crippen LogP contribution in [0.2, 0.25) is 0 Å². The molecule has 1 N–H and O–H groups in total. The van der Waals surface area contributed by atoms with E-state index in [0.29, 0.717) is 30.8 Å². The fourth-order valence-electron chi connectivity index (χ4n) is 10.2. The molecule has 3 aliphatic rings. The number of pyridine rings is 1. The number of methoxy groups -OCH3 is 1. The monoisotopic (exact) mass is 1330 g/mol. The Bertz CT molecular complexity index is 2040. The van der Waals surface area contributed by atoms with Crippen LogP contribution >= 0.6 is 7.82 Å². The van der Waals surface area contributed by atoms with Crippen LogP contribution in [0.15, 0.2) is 12.1 Å². The third-order valence-electron chi connectivity index (χ3n) is 14.9. The van der Waals surface area contributed by atoms with Gasteiger partial charge in [-0.2, -0.15) is 0 Å². The van der Waals surface area contributed by atoms with Crippen LogP contribution in [0.25, 0.3) is 0 Å². The number of nitrogens with one attached hydrogen (secondary N) is 1. The molecule has 6 bridgehead atoms. The summed E-state index contributed by atoms with van der Waals surface area (Å²) in [5, 5.41) is 2.55. The van der Waals surface area contributed by atoms with Gasteiger partial charge >= 0.3 is 29.8 Å². The average molecular weight is 1330 g/mol. The molecule has 0 aliphatic carbocycles. The zero-order chi connectivity index (χ0) is 58.3. The molecule has 4 rings (SSSR count). The molecule has 3 aliphatic heterocycles. The minimum absolute atomic E-state index is 0.